The van der Waals surface area contributed by atoms with Crippen LogP contribution in [0.15, 0.2) is 29.3 Å². The van der Waals surface area contributed by atoms with Crippen molar-refractivity contribution >= 4 is 6.02 Å². The fourth-order valence-corrected chi connectivity index (χ4v) is 2.78. The number of ether oxygens (including phenoxy) is 1. The molecule has 84 valence electrons. The molecule has 1 atom stereocenters. The molecule has 0 radical (unpaired) electrons. The van der Waals surface area contributed by atoms with Crippen LogP contribution >= 0.6 is 0 Å². The van der Waals surface area contributed by atoms with Gasteiger partial charge >= 0.3 is 0 Å². The summed E-state index contributed by atoms with van der Waals surface area (Å²) in [7, 11) is 0. The third kappa shape index (κ3) is 1.39. The maximum atomic E-state index is 5.82. The van der Waals surface area contributed by atoms with Crippen LogP contribution in [0, 0.1) is 0 Å². The predicted molar refractivity (Wildman–Crippen MR) is 63.2 cm³/mol. The average Bonchev–Trinajstić information content (AvgIpc) is 2.58. The number of nitrogens with zero attached hydrogens (tertiary/aromatic N) is 1. The summed E-state index contributed by atoms with van der Waals surface area (Å²) < 4.78 is 5.82. The Morgan fingerprint density at radius 2 is 2.12 bits per heavy atom. The smallest absolute Gasteiger partial charge is 0.283 e. The largest absolute Gasteiger partial charge is 0.452 e. The molecular weight excluding hydrogens is 200 g/mol. The Balaban J connectivity index is 2.07. The van der Waals surface area contributed by atoms with E-state index in [9.17, 15) is 0 Å². The van der Waals surface area contributed by atoms with Gasteiger partial charge in [-0.3, -0.25) is 0 Å². The molecular formula is C13H16N2O. The minimum absolute atomic E-state index is 0.267. The Labute approximate surface area is 95.3 Å². The summed E-state index contributed by atoms with van der Waals surface area (Å²) in [5, 5.41) is 0. The normalized spacial score (nSPS) is 28.1. The molecule has 0 saturated heterocycles. The summed E-state index contributed by atoms with van der Waals surface area (Å²) in [5.41, 5.74) is 8.09. The first-order chi connectivity index (χ1) is 7.80. The van der Waals surface area contributed by atoms with Gasteiger partial charge in [0.2, 0.25) is 0 Å². The van der Waals surface area contributed by atoms with E-state index in [1.165, 1.54) is 24.0 Å². The number of fused-ring (bicyclic) bond motifs is 2. The molecule has 3 rings (SSSR count). The van der Waals surface area contributed by atoms with Gasteiger partial charge in [-0.2, -0.15) is 0 Å². The minimum Gasteiger partial charge on any atom is -0.452 e. The zero-order chi connectivity index (χ0) is 11.0. The number of aryl methyl sites for hydroxylation is 1. The van der Waals surface area contributed by atoms with E-state index in [0.29, 0.717) is 12.6 Å². The number of aliphatic imine (C=N–C) groups is 1. The van der Waals surface area contributed by atoms with Gasteiger partial charge in [0.05, 0.1) is 6.54 Å². The van der Waals surface area contributed by atoms with E-state index in [4.69, 9.17) is 10.5 Å². The predicted octanol–water partition coefficient (Wildman–Crippen LogP) is 1.95. The van der Waals surface area contributed by atoms with Gasteiger partial charge < -0.3 is 10.5 Å². The Kier molecular flexibility index (Phi) is 2.13. The van der Waals surface area contributed by atoms with E-state index in [1.54, 1.807) is 0 Å². The van der Waals surface area contributed by atoms with Crippen molar-refractivity contribution in [2.75, 3.05) is 6.54 Å². The fourth-order valence-electron chi connectivity index (χ4n) is 2.78. The Hall–Kier alpha value is -1.51. The highest BCUT2D eigenvalue weighted by atomic mass is 16.5. The zero-order valence-electron chi connectivity index (χ0n) is 9.28. The van der Waals surface area contributed by atoms with Gasteiger partial charge in [0.25, 0.3) is 6.02 Å². The molecule has 1 aliphatic carbocycles. The van der Waals surface area contributed by atoms with E-state index < -0.39 is 0 Å². The SMILES string of the molecule is NC1=NCC2(CCCCc3ccccc32)O1. The molecule has 1 heterocycles. The minimum atomic E-state index is -0.267. The second-order valence-electron chi connectivity index (χ2n) is 4.62. The maximum Gasteiger partial charge on any atom is 0.283 e. The topological polar surface area (TPSA) is 47.6 Å². The zero-order valence-corrected chi connectivity index (χ0v) is 9.28. The lowest BCUT2D eigenvalue weighted by molar-refractivity contribution is 0.0730. The summed E-state index contributed by atoms with van der Waals surface area (Å²) >= 11 is 0. The van der Waals surface area contributed by atoms with Gasteiger partial charge in [-0.15, -0.1) is 0 Å². The average molecular weight is 216 g/mol. The highest BCUT2D eigenvalue weighted by molar-refractivity contribution is 5.74. The molecule has 1 unspecified atom stereocenters. The van der Waals surface area contributed by atoms with Crippen LogP contribution in [0.4, 0.5) is 0 Å². The van der Waals surface area contributed by atoms with Crippen molar-refractivity contribution < 1.29 is 4.74 Å². The summed E-state index contributed by atoms with van der Waals surface area (Å²) in [4.78, 5) is 4.23. The van der Waals surface area contributed by atoms with E-state index in [0.717, 1.165) is 12.8 Å². The van der Waals surface area contributed by atoms with Crippen molar-refractivity contribution in [2.45, 2.75) is 31.3 Å². The van der Waals surface area contributed by atoms with Crippen LogP contribution in [0.3, 0.4) is 0 Å². The molecule has 16 heavy (non-hydrogen) atoms. The van der Waals surface area contributed by atoms with Gasteiger partial charge in [0.1, 0.15) is 0 Å². The van der Waals surface area contributed by atoms with Gasteiger partial charge in [-0.1, -0.05) is 24.3 Å². The van der Waals surface area contributed by atoms with Crippen molar-refractivity contribution in [3.8, 4) is 0 Å². The summed E-state index contributed by atoms with van der Waals surface area (Å²) in [6, 6.07) is 8.87. The third-order valence-corrected chi connectivity index (χ3v) is 3.58. The molecule has 2 aliphatic rings. The van der Waals surface area contributed by atoms with Crippen molar-refractivity contribution in [1.82, 2.24) is 0 Å². The molecule has 1 aromatic carbocycles. The summed E-state index contributed by atoms with van der Waals surface area (Å²) in [5.74, 6) is 0. The molecule has 3 heteroatoms. The van der Waals surface area contributed by atoms with Crippen molar-refractivity contribution in [3.05, 3.63) is 35.4 Å². The molecule has 0 amide bonds. The Morgan fingerprint density at radius 3 is 2.94 bits per heavy atom. The molecule has 1 aromatic rings. The lowest BCUT2D eigenvalue weighted by atomic mass is 9.88. The quantitative estimate of drug-likeness (QED) is 0.720. The first kappa shape index (κ1) is 9.70. The third-order valence-electron chi connectivity index (χ3n) is 3.58. The lowest BCUT2D eigenvalue weighted by Crippen LogP contribution is -2.32. The first-order valence-electron chi connectivity index (χ1n) is 5.87. The van der Waals surface area contributed by atoms with Crippen LogP contribution in [0.25, 0.3) is 0 Å². The van der Waals surface area contributed by atoms with Crippen LogP contribution in [-0.4, -0.2) is 12.6 Å². The number of amidine groups is 1. The summed E-state index contributed by atoms with van der Waals surface area (Å²) in [6.07, 6.45) is 4.56. The second kappa shape index (κ2) is 3.51. The Morgan fingerprint density at radius 1 is 1.25 bits per heavy atom. The molecule has 0 fully saturated rings. The van der Waals surface area contributed by atoms with Crippen LogP contribution < -0.4 is 5.73 Å². The van der Waals surface area contributed by atoms with E-state index in [2.05, 4.69) is 29.3 Å². The maximum absolute atomic E-state index is 5.82. The number of nitrogens with two attached hydrogens (primary N) is 1. The first-order valence-corrected chi connectivity index (χ1v) is 5.87. The number of hydrogen-bond donors (Lipinski definition) is 1. The fraction of sp³-hybridized carbons (Fsp3) is 0.462. The number of benzene rings is 1. The molecule has 0 saturated carbocycles. The van der Waals surface area contributed by atoms with E-state index >= 15 is 0 Å². The standard InChI is InChI=1S/C13H16N2O/c14-12-15-9-13(16-12)8-4-3-6-10-5-1-2-7-11(10)13/h1-2,5,7H,3-4,6,8-9H2,(H2,14,15). The van der Waals surface area contributed by atoms with Gasteiger partial charge in [-0.25, -0.2) is 4.99 Å². The molecule has 3 nitrogen and oxygen atoms in total. The lowest BCUT2D eigenvalue weighted by Gasteiger charge is -2.28. The summed E-state index contributed by atoms with van der Waals surface area (Å²) in [6.45, 7) is 0.676. The highest BCUT2D eigenvalue weighted by Crippen LogP contribution is 2.39. The van der Waals surface area contributed by atoms with Gasteiger partial charge in [0, 0.05) is 5.56 Å². The van der Waals surface area contributed by atoms with Crippen LogP contribution in [-0.2, 0) is 16.8 Å². The number of rotatable bonds is 0. The Bertz CT molecular complexity index is 441. The van der Waals surface area contributed by atoms with E-state index in [-0.39, 0.29) is 5.60 Å². The van der Waals surface area contributed by atoms with Crippen molar-refractivity contribution in [3.63, 3.8) is 0 Å². The highest BCUT2D eigenvalue weighted by Gasteiger charge is 2.41. The van der Waals surface area contributed by atoms with Crippen LogP contribution in [0.2, 0.25) is 0 Å². The number of hydrogen-bond acceptors (Lipinski definition) is 3. The van der Waals surface area contributed by atoms with Crippen molar-refractivity contribution in [1.29, 1.82) is 0 Å². The monoisotopic (exact) mass is 216 g/mol. The molecule has 0 aromatic heterocycles. The van der Waals surface area contributed by atoms with Crippen molar-refractivity contribution in [2.24, 2.45) is 10.7 Å². The van der Waals surface area contributed by atoms with Gasteiger partial charge in [-0.05, 0) is 31.2 Å². The molecule has 1 spiro atoms. The molecule has 0 bridgehead atoms. The van der Waals surface area contributed by atoms with Crippen LogP contribution in [0.1, 0.15) is 30.4 Å². The van der Waals surface area contributed by atoms with Gasteiger partial charge in [0.15, 0.2) is 5.60 Å². The van der Waals surface area contributed by atoms with E-state index in [1.807, 2.05) is 0 Å². The molecule has 2 N–H and O–H groups in total. The second-order valence-corrected chi connectivity index (χ2v) is 4.62. The van der Waals surface area contributed by atoms with Crippen LogP contribution in [0.5, 0.6) is 0 Å². The molecule has 1 aliphatic heterocycles.